The van der Waals surface area contributed by atoms with E-state index in [4.69, 9.17) is 4.74 Å². The van der Waals surface area contributed by atoms with Gasteiger partial charge in [0.15, 0.2) is 5.75 Å². The summed E-state index contributed by atoms with van der Waals surface area (Å²) in [4.78, 5) is 0. The molecule has 2 rings (SSSR count). The minimum atomic E-state index is -1.19. The van der Waals surface area contributed by atoms with Crippen molar-refractivity contribution in [2.24, 2.45) is 0 Å². The lowest BCUT2D eigenvalue weighted by atomic mass is 9.92. The Morgan fingerprint density at radius 1 is 1.45 bits per heavy atom. The number of nitrogens with zero attached hydrogens (tertiary/aromatic N) is 2. The lowest BCUT2D eigenvalue weighted by Crippen LogP contribution is -2.28. The third-order valence-corrected chi connectivity index (χ3v) is 3.27. The third-order valence-electron chi connectivity index (χ3n) is 3.27. The van der Waals surface area contributed by atoms with E-state index in [9.17, 15) is 9.50 Å². The van der Waals surface area contributed by atoms with Crippen molar-refractivity contribution >= 4 is 0 Å². The molecule has 108 valence electrons. The van der Waals surface area contributed by atoms with Crippen molar-refractivity contribution < 1.29 is 14.2 Å². The normalized spacial score (nSPS) is 14.1. The number of methoxy groups -OCH3 is 1. The minimum absolute atomic E-state index is 0.285. The molecule has 0 saturated heterocycles. The first kappa shape index (κ1) is 14.5. The second-order valence-corrected chi connectivity index (χ2v) is 4.96. The van der Waals surface area contributed by atoms with Crippen molar-refractivity contribution in [2.45, 2.75) is 32.4 Å². The molecule has 1 aromatic heterocycles. The van der Waals surface area contributed by atoms with Gasteiger partial charge in [-0.05, 0) is 31.5 Å². The summed E-state index contributed by atoms with van der Waals surface area (Å²) in [5.41, 5.74) is 0.138. The zero-order valence-electron chi connectivity index (χ0n) is 11.9. The van der Waals surface area contributed by atoms with E-state index in [1.807, 2.05) is 6.92 Å². The Morgan fingerprint density at radius 2 is 2.20 bits per heavy atom. The molecule has 1 aromatic carbocycles. The van der Waals surface area contributed by atoms with Gasteiger partial charge >= 0.3 is 0 Å². The Morgan fingerprint density at radius 3 is 2.80 bits per heavy atom. The van der Waals surface area contributed by atoms with E-state index in [1.165, 1.54) is 12.1 Å². The quantitative estimate of drug-likeness (QED) is 0.914. The van der Waals surface area contributed by atoms with Crippen molar-refractivity contribution in [1.82, 2.24) is 9.78 Å². The molecule has 1 heterocycles. The largest absolute Gasteiger partial charge is 0.493 e. The molecule has 0 amide bonds. The van der Waals surface area contributed by atoms with Crippen LogP contribution >= 0.6 is 0 Å². The summed E-state index contributed by atoms with van der Waals surface area (Å²) >= 11 is 0. The molecule has 0 aliphatic rings. The van der Waals surface area contributed by atoms with Gasteiger partial charge in [-0.15, -0.1) is 0 Å². The Labute approximate surface area is 117 Å². The topological polar surface area (TPSA) is 47.3 Å². The average molecular weight is 278 g/mol. The number of aromatic nitrogens is 2. The molecular weight excluding hydrogens is 259 g/mol. The number of halogens is 1. The lowest BCUT2D eigenvalue weighted by molar-refractivity contribution is 0.0453. The number of hydrogen-bond acceptors (Lipinski definition) is 3. The van der Waals surface area contributed by atoms with Crippen LogP contribution in [0.3, 0.4) is 0 Å². The monoisotopic (exact) mass is 278 g/mol. The summed E-state index contributed by atoms with van der Waals surface area (Å²) < 4.78 is 20.2. The highest BCUT2D eigenvalue weighted by Gasteiger charge is 2.31. The van der Waals surface area contributed by atoms with Crippen LogP contribution in [0.15, 0.2) is 30.5 Å². The molecule has 0 spiro atoms. The maximum absolute atomic E-state index is 13.3. The van der Waals surface area contributed by atoms with Gasteiger partial charge < -0.3 is 9.84 Å². The van der Waals surface area contributed by atoms with Crippen LogP contribution in [0.25, 0.3) is 0 Å². The first-order valence-corrected chi connectivity index (χ1v) is 6.55. The fraction of sp³-hybridized carbons (Fsp3) is 0.400. The van der Waals surface area contributed by atoms with Crippen LogP contribution in [-0.2, 0) is 18.6 Å². The number of rotatable bonds is 5. The Bertz CT molecular complexity index is 572. The van der Waals surface area contributed by atoms with Gasteiger partial charge in [-0.2, -0.15) is 5.10 Å². The highest BCUT2D eigenvalue weighted by Crippen LogP contribution is 2.32. The smallest absolute Gasteiger partial charge is 0.162 e. The summed E-state index contributed by atoms with van der Waals surface area (Å²) in [6.07, 6.45) is 1.87. The van der Waals surface area contributed by atoms with Crippen molar-refractivity contribution in [3.8, 4) is 5.75 Å². The van der Waals surface area contributed by atoms with Gasteiger partial charge in [-0.3, -0.25) is 4.68 Å². The summed E-state index contributed by atoms with van der Waals surface area (Å²) in [5, 5.41) is 15.0. The molecule has 0 aliphatic carbocycles. The van der Waals surface area contributed by atoms with Crippen LogP contribution in [0.5, 0.6) is 5.75 Å². The van der Waals surface area contributed by atoms with Crippen LogP contribution < -0.4 is 4.74 Å². The Hall–Kier alpha value is -1.88. The van der Waals surface area contributed by atoms with E-state index in [0.29, 0.717) is 18.0 Å². The van der Waals surface area contributed by atoms with Gasteiger partial charge in [0.2, 0.25) is 0 Å². The molecule has 0 saturated carbocycles. The highest BCUT2D eigenvalue weighted by atomic mass is 19.1. The van der Waals surface area contributed by atoms with Crippen LogP contribution in [0, 0.1) is 5.82 Å². The van der Waals surface area contributed by atoms with E-state index in [0.717, 1.165) is 5.56 Å². The van der Waals surface area contributed by atoms with Gasteiger partial charge in [0.25, 0.3) is 0 Å². The predicted octanol–water partition coefficient (Wildman–Crippen LogP) is 2.50. The van der Waals surface area contributed by atoms with Gasteiger partial charge in [0.05, 0.1) is 13.3 Å². The SMILES string of the molecule is CCn1ncc(OC)c1C(C)(O)Cc1cccc(F)c1. The summed E-state index contributed by atoms with van der Waals surface area (Å²) in [6.45, 7) is 4.25. The van der Waals surface area contributed by atoms with Crippen LogP contribution in [0.1, 0.15) is 25.1 Å². The molecule has 5 heteroatoms. The van der Waals surface area contributed by atoms with Crippen molar-refractivity contribution in [3.05, 3.63) is 47.5 Å². The summed E-state index contributed by atoms with van der Waals surface area (Å²) in [7, 11) is 1.54. The molecule has 1 atom stereocenters. The molecule has 0 fully saturated rings. The average Bonchev–Trinajstić information content (AvgIpc) is 2.82. The number of benzene rings is 1. The van der Waals surface area contributed by atoms with Crippen LogP contribution in [0.2, 0.25) is 0 Å². The van der Waals surface area contributed by atoms with Gasteiger partial charge in [-0.1, -0.05) is 12.1 Å². The molecular formula is C15H19FN2O2. The zero-order chi connectivity index (χ0) is 14.8. The molecule has 1 N–H and O–H groups in total. The molecule has 0 radical (unpaired) electrons. The maximum Gasteiger partial charge on any atom is 0.162 e. The second kappa shape index (κ2) is 5.63. The zero-order valence-corrected chi connectivity index (χ0v) is 11.9. The fourth-order valence-electron chi connectivity index (χ4n) is 2.43. The molecule has 20 heavy (non-hydrogen) atoms. The maximum atomic E-state index is 13.3. The van der Waals surface area contributed by atoms with Crippen LogP contribution in [0.4, 0.5) is 4.39 Å². The molecule has 0 aliphatic heterocycles. The number of aliphatic hydroxyl groups is 1. The fourth-order valence-corrected chi connectivity index (χ4v) is 2.43. The third kappa shape index (κ3) is 2.82. The first-order valence-electron chi connectivity index (χ1n) is 6.55. The van der Waals surface area contributed by atoms with Crippen molar-refractivity contribution in [1.29, 1.82) is 0 Å². The second-order valence-electron chi connectivity index (χ2n) is 4.96. The number of aryl methyl sites for hydroxylation is 1. The van der Waals surface area contributed by atoms with E-state index < -0.39 is 5.60 Å². The summed E-state index contributed by atoms with van der Waals surface area (Å²) in [5.74, 6) is 0.225. The van der Waals surface area contributed by atoms with E-state index >= 15 is 0 Å². The minimum Gasteiger partial charge on any atom is -0.493 e. The van der Waals surface area contributed by atoms with E-state index in [-0.39, 0.29) is 12.2 Å². The Balaban J connectivity index is 2.37. The van der Waals surface area contributed by atoms with E-state index in [1.54, 1.807) is 37.0 Å². The summed E-state index contributed by atoms with van der Waals surface area (Å²) in [6, 6.07) is 6.23. The standard InChI is InChI=1S/C15H19FN2O2/c1-4-18-14(13(20-3)10-17-18)15(2,19)9-11-6-5-7-12(16)8-11/h5-8,10,19H,4,9H2,1-3H3. The van der Waals surface area contributed by atoms with Crippen LogP contribution in [-0.4, -0.2) is 22.0 Å². The van der Waals surface area contributed by atoms with Crippen molar-refractivity contribution in [2.75, 3.05) is 7.11 Å². The number of hydrogen-bond donors (Lipinski definition) is 1. The first-order chi connectivity index (χ1) is 9.47. The van der Waals surface area contributed by atoms with Gasteiger partial charge in [0.1, 0.15) is 17.1 Å². The number of ether oxygens (including phenoxy) is 1. The van der Waals surface area contributed by atoms with Gasteiger partial charge in [-0.25, -0.2) is 4.39 Å². The van der Waals surface area contributed by atoms with Gasteiger partial charge in [0, 0.05) is 13.0 Å². The predicted molar refractivity (Wildman–Crippen MR) is 74.1 cm³/mol. The van der Waals surface area contributed by atoms with E-state index in [2.05, 4.69) is 5.10 Å². The molecule has 0 bridgehead atoms. The Kier molecular flexibility index (Phi) is 4.09. The molecule has 1 unspecified atom stereocenters. The highest BCUT2D eigenvalue weighted by molar-refractivity contribution is 5.32. The molecule has 2 aromatic rings. The molecule has 4 nitrogen and oxygen atoms in total. The van der Waals surface area contributed by atoms with Crippen molar-refractivity contribution in [3.63, 3.8) is 0 Å². The lowest BCUT2D eigenvalue weighted by Gasteiger charge is -2.25.